The van der Waals surface area contributed by atoms with Crippen molar-refractivity contribution < 1.29 is 4.39 Å². The molecule has 4 rings (SSSR count). The van der Waals surface area contributed by atoms with E-state index in [4.69, 9.17) is 5.41 Å². The first-order chi connectivity index (χ1) is 16.8. The van der Waals surface area contributed by atoms with Gasteiger partial charge < -0.3 is 10.7 Å². The van der Waals surface area contributed by atoms with Gasteiger partial charge >= 0.3 is 0 Å². The molecule has 1 unspecified atom stereocenters. The quantitative estimate of drug-likeness (QED) is 0.356. The van der Waals surface area contributed by atoms with E-state index in [1.807, 2.05) is 27.7 Å². The summed E-state index contributed by atoms with van der Waals surface area (Å²) in [5.74, 6) is 2.05. The van der Waals surface area contributed by atoms with Crippen molar-refractivity contribution in [2.75, 3.05) is 5.32 Å². The molecule has 35 heavy (non-hydrogen) atoms. The van der Waals surface area contributed by atoms with Crippen LogP contribution in [0.15, 0.2) is 47.4 Å². The lowest BCUT2D eigenvalue weighted by Gasteiger charge is -2.12. The van der Waals surface area contributed by atoms with Crippen LogP contribution >= 0.6 is 0 Å². The number of fused-ring (bicyclic) bond motifs is 1. The average molecular weight is 479 g/mol. The van der Waals surface area contributed by atoms with Gasteiger partial charge in [-0.1, -0.05) is 46.3 Å². The third-order valence-corrected chi connectivity index (χ3v) is 6.30. The summed E-state index contributed by atoms with van der Waals surface area (Å²) < 4.78 is 15.5. The second-order valence-corrected chi connectivity index (χ2v) is 8.76. The number of benzene rings is 1. The molecule has 1 saturated carbocycles. The minimum Gasteiger partial charge on any atom is -0.337 e. The molecular formula is C29H39FN4O. The Morgan fingerprint density at radius 1 is 1.26 bits per heavy atom. The largest absolute Gasteiger partial charge is 0.337 e. The molecule has 0 radical (unpaired) electrons. The van der Waals surface area contributed by atoms with Gasteiger partial charge in [-0.15, -0.1) is 0 Å². The first kappa shape index (κ1) is 28.0. The lowest BCUT2D eigenvalue weighted by atomic mass is 10.0. The van der Waals surface area contributed by atoms with E-state index >= 15 is 0 Å². The SMILES string of the molecule is C/C=C(\C=N)c1ccc2nc(Nc3ccc(C)cc3F)c(C)c(=O)n2c1.CC.CCC(C)C1CC1. The highest BCUT2D eigenvalue weighted by Gasteiger charge is 2.25. The van der Waals surface area contributed by atoms with Gasteiger partial charge in [-0.3, -0.25) is 9.20 Å². The summed E-state index contributed by atoms with van der Waals surface area (Å²) in [6.07, 6.45) is 9.10. The van der Waals surface area contributed by atoms with E-state index in [9.17, 15) is 9.18 Å². The fourth-order valence-corrected chi connectivity index (χ4v) is 3.70. The molecule has 2 heterocycles. The van der Waals surface area contributed by atoms with Crippen LogP contribution in [-0.4, -0.2) is 15.6 Å². The number of nitrogens with zero attached hydrogens (tertiary/aromatic N) is 2. The smallest absolute Gasteiger partial charge is 0.262 e. The zero-order valence-electron chi connectivity index (χ0n) is 22.1. The van der Waals surface area contributed by atoms with E-state index in [2.05, 4.69) is 24.1 Å². The minimum atomic E-state index is -0.398. The average Bonchev–Trinajstić information content (AvgIpc) is 3.72. The zero-order chi connectivity index (χ0) is 26.1. The van der Waals surface area contributed by atoms with Crippen molar-refractivity contribution in [1.29, 1.82) is 5.41 Å². The van der Waals surface area contributed by atoms with Crippen molar-refractivity contribution in [3.05, 3.63) is 75.5 Å². The highest BCUT2D eigenvalue weighted by molar-refractivity contribution is 6.08. The topological polar surface area (TPSA) is 70.2 Å². The van der Waals surface area contributed by atoms with Crippen LogP contribution in [0.4, 0.5) is 15.9 Å². The predicted molar refractivity (Wildman–Crippen MR) is 147 cm³/mol. The Hall–Kier alpha value is -3.28. The molecule has 5 nitrogen and oxygen atoms in total. The normalized spacial score (nSPS) is 13.8. The van der Waals surface area contributed by atoms with Gasteiger partial charge in [-0.05, 0) is 86.4 Å². The second-order valence-electron chi connectivity index (χ2n) is 8.76. The Bertz CT molecular complexity index is 1240. The van der Waals surface area contributed by atoms with E-state index in [-0.39, 0.29) is 11.2 Å². The fraction of sp³-hybridized carbons (Fsp3) is 0.414. The first-order valence-electron chi connectivity index (χ1n) is 12.5. The molecule has 0 spiro atoms. The lowest BCUT2D eigenvalue weighted by Crippen LogP contribution is -2.20. The molecule has 0 amide bonds. The van der Waals surface area contributed by atoms with Crippen molar-refractivity contribution in [2.24, 2.45) is 11.8 Å². The van der Waals surface area contributed by atoms with Crippen LogP contribution in [-0.2, 0) is 0 Å². The number of pyridine rings is 1. The third kappa shape index (κ3) is 7.10. The molecule has 6 heteroatoms. The summed E-state index contributed by atoms with van der Waals surface area (Å²) in [4.78, 5) is 17.2. The van der Waals surface area contributed by atoms with Gasteiger partial charge in [0.1, 0.15) is 17.3 Å². The molecule has 1 aromatic carbocycles. The van der Waals surface area contributed by atoms with Crippen molar-refractivity contribution in [2.45, 2.75) is 67.7 Å². The van der Waals surface area contributed by atoms with Crippen LogP contribution in [0.1, 0.15) is 70.6 Å². The van der Waals surface area contributed by atoms with Crippen molar-refractivity contribution in [3.8, 4) is 0 Å². The monoisotopic (exact) mass is 478 g/mol. The molecule has 188 valence electrons. The molecule has 0 saturated heterocycles. The lowest BCUT2D eigenvalue weighted by molar-refractivity contribution is 0.493. The summed E-state index contributed by atoms with van der Waals surface area (Å²) in [6.45, 7) is 13.9. The maximum absolute atomic E-state index is 14.1. The number of aryl methyl sites for hydroxylation is 1. The van der Waals surface area contributed by atoms with E-state index in [1.54, 1.807) is 43.5 Å². The molecule has 1 atom stereocenters. The molecule has 1 aliphatic carbocycles. The van der Waals surface area contributed by atoms with Crippen molar-refractivity contribution >= 4 is 28.9 Å². The van der Waals surface area contributed by atoms with Crippen LogP contribution in [0.2, 0.25) is 0 Å². The number of allylic oxidation sites excluding steroid dienone is 2. The fourth-order valence-electron chi connectivity index (χ4n) is 3.70. The number of hydrogen-bond acceptors (Lipinski definition) is 4. The number of halogens is 1. The minimum absolute atomic E-state index is 0.243. The predicted octanol–water partition coefficient (Wildman–Crippen LogP) is 7.72. The molecule has 0 bridgehead atoms. The Balaban J connectivity index is 0.000000407. The highest BCUT2D eigenvalue weighted by Crippen LogP contribution is 2.37. The van der Waals surface area contributed by atoms with Crippen LogP contribution in [0.3, 0.4) is 0 Å². The zero-order valence-corrected chi connectivity index (χ0v) is 22.1. The van der Waals surface area contributed by atoms with Gasteiger partial charge in [0, 0.05) is 12.4 Å². The maximum atomic E-state index is 14.1. The highest BCUT2D eigenvalue weighted by atomic mass is 19.1. The Morgan fingerprint density at radius 2 is 1.94 bits per heavy atom. The van der Waals surface area contributed by atoms with Gasteiger partial charge in [0.05, 0.1) is 11.3 Å². The van der Waals surface area contributed by atoms with Gasteiger partial charge in [0.2, 0.25) is 0 Å². The van der Waals surface area contributed by atoms with Crippen LogP contribution in [0.5, 0.6) is 0 Å². The summed E-state index contributed by atoms with van der Waals surface area (Å²) >= 11 is 0. The Morgan fingerprint density at radius 3 is 2.46 bits per heavy atom. The van der Waals surface area contributed by atoms with Gasteiger partial charge in [0.15, 0.2) is 0 Å². The van der Waals surface area contributed by atoms with Gasteiger partial charge in [-0.25, -0.2) is 9.37 Å². The van der Waals surface area contributed by atoms with Crippen LogP contribution in [0, 0.1) is 36.9 Å². The molecule has 2 aromatic heterocycles. The maximum Gasteiger partial charge on any atom is 0.262 e. The number of hydrogen-bond donors (Lipinski definition) is 2. The summed E-state index contributed by atoms with van der Waals surface area (Å²) in [6, 6.07) is 8.34. The third-order valence-electron chi connectivity index (χ3n) is 6.30. The molecule has 3 aromatic rings. The molecule has 0 aliphatic heterocycles. The number of anilines is 2. The number of aromatic nitrogens is 2. The first-order valence-corrected chi connectivity index (χ1v) is 12.5. The molecular weight excluding hydrogens is 439 g/mol. The molecule has 1 fully saturated rings. The number of rotatable bonds is 6. The number of nitrogens with one attached hydrogen (secondary N) is 2. The van der Waals surface area contributed by atoms with E-state index in [1.165, 1.54) is 35.9 Å². The second kappa shape index (κ2) is 13.0. The van der Waals surface area contributed by atoms with Gasteiger partial charge in [-0.2, -0.15) is 0 Å². The van der Waals surface area contributed by atoms with Crippen molar-refractivity contribution in [3.63, 3.8) is 0 Å². The van der Waals surface area contributed by atoms with E-state index in [0.29, 0.717) is 22.6 Å². The Kier molecular flexibility index (Phi) is 10.4. The molecule has 1 aliphatic rings. The van der Waals surface area contributed by atoms with Crippen LogP contribution < -0.4 is 10.9 Å². The van der Waals surface area contributed by atoms with Gasteiger partial charge in [0.25, 0.3) is 5.56 Å². The molecule has 2 N–H and O–H groups in total. The van der Waals surface area contributed by atoms with Crippen molar-refractivity contribution in [1.82, 2.24) is 9.38 Å². The van der Waals surface area contributed by atoms with Crippen LogP contribution in [0.25, 0.3) is 11.2 Å². The van der Waals surface area contributed by atoms with E-state index < -0.39 is 5.82 Å². The summed E-state index contributed by atoms with van der Waals surface area (Å²) in [5, 5.41) is 10.4. The van der Waals surface area contributed by atoms with E-state index in [0.717, 1.165) is 23.0 Å². The summed E-state index contributed by atoms with van der Waals surface area (Å²) in [5.41, 5.74) is 3.13. The Labute approximate surface area is 208 Å². The standard InChI is InChI=1S/C20H19FN4O.C7H14.C2H6/c1-4-14(10-22)15-6-8-18-24-19(13(3)20(26)25(18)11-15)23-17-7-5-12(2)9-16(17)21;1-3-6(2)7-4-5-7;1-2/h4-11,22-23H,1-3H3;6-7H,3-5H2,1-2H3;1-2H3/b14-4+,22-10?;;. The summed E-state index contributed by atoms with van der Waals surface area (Å²) in [7, 11) is 0.